The molecule has 0 saturated carbocycles. The standard InChI is InChI=1S/C15H16N2O2S/c1-2-19-14-4-3-11(9-16-14)15(18)17-7-5-13-12(10-17)6-8-20-13/h3-4,6,8-9H,2,5,7,10H2,1H3. The van der Waals surface area contributed by atoms with Crippen molar-refractivity contribution in [2.24, 2.45) is 0 Å². The summed E-state index contributed by atoms with van der Waals surface area (Å²) in [6, 6.07) is 5.63. The van der Waals surface area contributed by atoms with Crippen LogP contribution in [-0.4, -0.2) is 28.9 Å². The van der Waals surface area contributed by atoms with Gasteiger partial charge in [-0.25, -0.2) is 4.98 Å². The maximum atomic E-state index is 12.4. The van der Waals surface area contributed by atoms with Crippen LogP contribution >= 0.6 is 11.3 Å². The minimum atomic E-state index is 0.0393. The van der Waals surface area contributed by atoms with Crippen LogP contribution in [-0.2, 0) is 13.0 Å². The van der Waals surface area contributed by atoms with E-state index in [1.807, 2.05) is 11.8 Å². The largest absolute Gasteiger partial charge is 0.478 e. The van der Waals surface area contributed by atoms with Gasteiger partial charge in [0.2, 0.25) is 5.88 Å². The van der Waals surface area contributed by atoms with Crippen LogP contribution in [0.5, 0.6) is 5.88 Å². The summed E-state index contributed by atoms with van der Waals surface area (Å²) in [4.78, 5) is 19.9. The highest BCUT2D eigenvalue weighted by Crippen LogP contribution is 2.25. The van der Waals surface area contributed by atoms with E-state index in [-0.39, 0.29) is 5.91 Å². The summed E-state index contributed by atoms with van der Waals surface area (Å²) in [6.45, 7) is 3.96. The number of nitrogens with zero attached hydrogens (tertiary/aromatic N) is 2. The lowest BCUT2D eigenvalue weighted by Gasteiger charge is -2.27. The molecule has 4 nitrogen and oxygen atoms in total. The van der Waals surface area contributed by atoms with E-state index in [0.29, 0.717) is 24.6 Å². The van der Waals surface area contributed by atoms with Gasteiger partial charge in [-0.05, 0) is 36.4 Å². The van der Waals surface area contributed by atoms with E-state index in [9.17, 15) is 4.79 Å². The first-order valence-corrected chi connectivity index (χ1v) is 7.59. The lowest BCUT2D eigenvalue weighted by molar-refractivity contribution is 0.0735. The minimum Gasteiger partial charge on any atom is -0.478 e. The zero-order valence-corrected chi connectivity index (χ0v) is 12.2. The molecule has 0 fully saturated rings. The SMILES string of the molecule is CCOc1ccc(C(=O)N2CCc3sccc3C2)cn1. The number of carbonyl (C=O) groups excluding carboxylic acids is 1. The molecule has 0 atom stereocenters. The third-order valence-electron chi connectivity index (χ3n) is 3.37. The van der Waals surface area contributed by atoms with Gasteiger partial charge in [0, 0.05) is 30.2 Å². The lowest BCUT2D eigenvalue weighted by atomic mass is 10.1. The number of rotatable bonds is 3. The molecule has 3 heterocycles. The molecular weight excluding hydrogens is 272 g/mol. The van der Waals surface area contributed by atoms with Crippen molar-refractivity contribution in [2.45, 2.75) is 19.9 Å². The molecule has 0 aliphatic carbocycles. The fourth-order valence-electron chi connectivity index (χ4n) is 2.34. The number of ether oxygens (including phenoxy) is 1. The Balaban J connectivity index is 1.73. The molecule has 0 aromatic carbocycles. The number of carbonyl (C=O) groups is 1. The fraction of sp³-hybridized carbons (Fsp3) is 0.333. The molecule has 5 heteroatoms. The van der Waals surface area contributed by atoms with Crippen LogP contribution in [0.1, 0.15) is 27.7 Å². The van der Waals surface area contributed by atoms with Gasteiger partial charge in [-0.1, -0.05) is 0 Å². The van der Waals surface area contributed by atoms with Crippen molar-refractivity contribution in [1.82, 2.24) is 9.88 Å². The predicted octanol–water partition coefficient (Wildman–Crippen LogP) is 2.74. The molecule has 1 aliphatic rings. The summed E-state index contributed by atoms with van der Waals surface area (Å²) < 4.78 is 5.29. The van der Waals surface area contributed by atoms with Gasteiger partial charge in [-0.2, -0.15) is 0 Å². The molecule has 0 bridgehead atoms. The van der Waals surface area contributed by atoms with Crippen LogP contribution in [0.4, 0.5) is 0 Å². The Hall–Kier alpha value is -1.88. The highest BCUT2D eigenvalue weighted by molar-refractivity contribution is 7.10. The van der Waals surface area contributed by atoms with Crippen LogP contribution < -0.4 is 4.74 Å². The second-order valence-electron chi connectivity index (χ2n) is 4.66. The zero-order chi connectivity index (χ0) is 13.9. The molecular formula is C15H16N2O2S. The monoisotopic (exact) mass is 288 g/mol. The van der Waals surface area contributed by atoms with Crippen LogP contribution in [0, 0.1) is 0 Å². The van der Waals surface area contributed by atoms with E-state index < -0.39 is 0 Å². The van der Waals surface area contributed by atoms with Crippen molar-refractivity contribution in [1.29, 1.82) is 0 Å². The van der Waals surface area contributed by atoms with Gasteiger partial charge in [0.05, 0.1) is 12.2 Å². The van der Waals surface area contributed by atoms with Crippen LogP contribution in [0.15, 0.2) is 29.8 Å². The summed E-state index contributed by atoms with van der Waals surface area (Å²) in [5.41, 5.74) is 1.89. The number of amides is 1. The number of pyridine rings is 1. The number of thiophene rings is 1. The van der Waals surface area contributed by atoms with E-state index in [1.54, 1.807) is 29.7 Å². The van der Waals surface area contributed by atoms with Crippen molar-refractivity contribution in [3.63, 3.8) is 0 Å². The first-order valence-electron chi connectivity index (χ1n) is 6.71. The number of fused-ring (bicyclic) bond motifs is 1. The molecule has 0 saturated heterocycles. The third kappa shape index (κ3) is 2.54. The molecule has 2 aromatic heterocycles. The van der Waals surface area contributed by atoms with E-state index >= 15 is 0 Å². The van der Waals surface area contributed by atoms with Gasteiger partial charge in [0.1, 0.15) is 0 Å². The van der Waals surface area contributed by atoms with E-state index in [1.165, 1.54) is 10.4 Å². The Morgan fingerprint density at radius 1 is 1.45 bits per heavy atom. The average molecular weight is 288 g/mol. The van der Waals surface area contributed by atoms with Gasteiger partial charge in [0.25, 0.3) is 5.91 Å². The molecule has 1 amide bonds. The number of aromatic nitrogens is 1. The van der Waals surface area contributed by atoms with Gasteiger partial charge in [0.15, 0.2) is 0 Å². The normalized spacial score (nSPS) is 13.9. The van der Waals surface area contributed by atoms with Crippen molar-refractivity contribution in [3.8, 4) is 5.88 Å². The molecule has 0 unspecified atom stereocenters. The Kier molecular flexibility index (Phi) is 3.69. The fourth-order valence-corrected chi connectivity index (χ4v) is 3.23. The first kappa shape index (κ1) is 13.1. The third-order valence-corrected chi connectivity index (χ3v) is 4.39. The summed E-state index contributed by atoms with van der Waals surface area (Å²) in [6.07, 6.45) is 2.54. The summed E-state index contributed by atoms with van der Waals surface area (Å²) in [5.74, 6) is 0.597. The summed E-state index contributed by atoms with van der Waals surface area (Å²) in [5, 5.41) is 2.09. The van der Waals surface area contributed by atoms with Crippen molar-refractivity contribution in [2.75, 3.05) is 13.2 Å². The molecule has 0 N–H and O–H groups in total. The number of hydrogen-bond acceptors (Lipinski definition) is 4. The van der Waals surface area contributed by atoms with Gasteiger partial charge in [-0.15, -0.1) is 11.3 Å². The molecule has 1 aliphatic heterocycles. The minimum absolute atomic E-state index is 0.0393. The maximum Gasteiger partial charge on any atom is 0.255 e. The van der Waals surface area contributed by atoms with Gasteiger partial charge >= 0.3 is 0 Å². The Morgan fingerprint density at radius 2 is 2.35 bits per heavy atom. The Labute approximate surface area is 122 Å². The lowest BCUT2D eigenvalue weighted by Crippen LogP contribution is -2.35. The highest BCUT2D eigenvalue weighted by Gasteiger charge is 2.22. The second kappa shape index (κ2) is 5.63. The smallest absolute Gasteiger partial charge is 0.255 e. The molecule has 0 spiro atoms. The molecule has 2 aromatic rings. The van der Waals surface area contributed by atoms with E-state index in [2.05, 4.69) is 16.4 Å². The Morgan fingerprint density at radius 3 is 3.10 bits per heavy atom. The van der Waals surface area contributed by atoms with Crippen molar-refractivity contribution >= 4 is 17.2 Å². The topological polar surface area (TPSA) is 42.4 Å². The molecule has 104 valence electrons. The van der Waals surface area contributed by atoms with Crippen molar-refractivity contribution in [3.05, 3.63) is 45.8 Å². The Bertz CT molecular complexity index is 607. The summed E-state index contributed by atoms with van der Waals surface area (Å²) in [7, 11) is 0. The number of hydrogen-bond donors (Lipinski definition) is 0. The summed E-state index contributed by atoms with van der Waals surface area (Å²) >= 11 is 1.78. The predicted molar refractivity (Wildman–Crippen MR) is 78.2 cm³/mol. The maximum absolute atomic E-state index is 12.4. The molecule has 20 heavy (non-hydrogen) atoms. The van der Waals surface area contributed by atoms with Crippen LogP contribution in [0.2, 0.25) is 0 Å². The van der Waals surface area contributed by atoms with Crippen LogP contribution in [0.3, 0.4) is 0 Å². The zero-order valence-electron chi connectivity index (χ0n) is 11.3. The van der Waals surface area contributed by atoms with E-state index in [0.717, 1.165) is 13.0 Å². The van der Waals surface area contributed by atoms with Crippen LogP contribution in [0.25, 0.3) is 0 Å². The first-order chi connectivity index (χ1) is 9.78. The quantitative estimate of drug-likeness (QED) is 0.872. The molecule has 0 radical (unpaired) electrons. The van der Waals surface area contributed by atoms with Crippen molar-refractivity contribution < 1.29 is 9.53 Å². The molecule has 3 rings (SSSR count). The highest BCUT2D eigenvalue weighted by atomic mass is 32.1. The van der Waals surface area contributed by atoms with Gasteiger partial charge in [-0.3, -0.25) is 4.79 Å². The second-order valence-corrected chi connectivity index (χ2v) is 5.66. The van der Waals surface area contributed by atoms with Gasteiger partial charge < -0.3 is 9.64 Å². The average Bonchev–Trinajstić information content (AvgIpc) is 2.95. The van der Waals surface area contributed by atoms with E-state index in [4.69, 9.17) is 4.74 Å².